The van der Waals surface area contributed by atoms with Crippen molar-refractivity contribution in [1.82, 2.24) is 10.2 Å². The standard InChI is InChI=1S/C16H31N3O4/c1-12(18-8-10-22-14(17)20)11-13-7-5-6-9-19(13)15(21)23-16(2,3)4/h12-13,18H,5-11H2,1-4H3,(H2,17,20). The predicted octanol–water partition coefficient (Wildman–Crippen LogP) is 2.24. The van der Waals surface area contributed by atoms with Crippen molar-refractivity contribution in [2.45, 2.75) is 71.1 Å². The van der Waals surface area contributed by atoms with E-state index in [9.17, 15) is 9.59 Å². The summed E-state index contributed by atoms with van der Waals surface area (Å²) in [7, 11) is 0. The highest BCUT2D eigenvalue weighted by molar-refractivity contribution is 5.68. The fraction of sp³-hybridized carbons (Fsp3) is 0.875. The van der Waals surface area contributed by atoms with Crippen LogP contribution in [0.4, 0.5) is 9.59 Å². The first-order chi connectivity index (χ1) is 10.7. The third-order valence-electron chi connectivity index (χ3n) is 3.72. The molecule has 0 aromatic carbocycles. The van der Waals surface area contributed by atoms with E-state index in [1.165, 1.54) is 0 Å². The highest BCUT2D eigenvalue weighted by atomic mass is 16.6. The molecule has 7 heteroatoms. The number of nitrogens with one attached hydrogen (secondary N) is 1. The van der Waals surface area contributed by atoms with E-state index in [0.717, 1.165) is 32.2 Å². The molecule has 0 spiro atoms. The number of hydrogen-bond acceptors (Lipinski definition) is 5. The second-order valence-corrected chi connectivity index (χ2v) is 7.08. The summed E-state index contributed by atoms with van der Waals surface area (Å²) in [6.45, 7) is 9.25. The summed E-state index contributed by atoms with van der Waals surface area (Å²) in [4.78, 5) is 24.7. The number of nitrogens with two attached hydrogens (primary N) is 1. The maximum Gasteiger partial charge on any atom is 0.410 e. The van der Waals surface area contributed by atoms with E-state index in [-0.39, 0.29) is 24.8 Å². The molecule has 2 amide bonds. The quantitative estimate of drug-likeness (QED) is 0.729. The number of likely N-dealkylation sites (tertiary alicyclic amines) is 1. The zero-order valence-corrected chi connectivity index (χ0v) is 14.8. The van der Waals surface area contributed by atoms with Gasteiger partial charge in [0.05, 0.1) is 0 Å². The summed E-state index contributed by atoms with van der Waals surface area (Å²) >= 11 is 0. The van der Waals surface area contributed by atoms with Gasteiger partial charge in [0, 0.05) is 25.2 Å². The molecule has 134 valence electrons. The van der Waals surface area contributed by atoms with E-state index in [1.807, 2.05) is 25.7 Å². The first-order valence-electron chi connectivity index (χ1n) is 8.34. The van der Waals surface area contributed by atoms with Gasteiger partial charge in [0.1, 0.15) is 12.2 Å². The molecular formula is C16H31N3O4. The van der Waals surface area contributed by atoms with Crippen LogP contribution in [-0.2, 0) is 9.47 Å². The molecule has 1 rings (SSSR count). The Morgan fingerprint density at radius 1 is 1.35 bits per heavy atom. The highest BCUT2D eigenvalue weighted by Gasteiger charge is 2.31. The molecule has 2 atom stereocenters. The van der Waals surface area contributed by atoms with Crippen molar-refractivity contribution in [3.8, 4) is 0 Å². The molecule has 2 unspecified atom stereocenters. The van der Waals surface area contributed by atoms with Crippen LogP contribution in [0.2, 0.25) is 0 Å². The van der Waals surface area contributed by atoms with E-state index < -0.39 is 11.7 Å². The molecule has 0 aliphatic carbocycles. The van der Waals surface area contributed by atoms with Crippen molar-refractivity contribution >= 4 is 12.2 Å². The Bertz CT molecular complexity index is 395. The molecule has 0 aromatic heterocycles. The Balaban J connectivity index is 2.44. The molecule has 23 heavy (non-hydrogen) atoms. The fourth-order valence-corrected chi connectivity index (χ4v) is 2.75. The molecule has 1 heterocycles. The number of ether oxygens (including phenoxy) is 2. The number of nitrogens with zero attached hydrogens (tertiary/aromatic N) is 1. The van der Waals surface area contributed by atoms with Gasteiger partial charge in [-0.3, -0.25) is 0 Å². The number of amides is 2. The van der Waals surface area contributed by atoms with Gasteiger partial charge in [-0.05, 0) is 53.4 Å². The molecule has 3 N–H and O–H groups in total. The molecule has 1 aliphatic rings. The van der Waals surface area contributed by atoms with Gasteiger partial charge in [0.2, 0.25) is 0 Å². The second-order valence-electron chi connectivity index (χ2n) is 7.08. The minimum absolute atomic E-state index is 0.179. The maximum atomic E-state index is 12.4. The van der Waals surface area contributed by atoms with E-state index >= 15 is 0 Å². The average Bonchev–Trinajstić information content (AvgIpc) is 2.42. The molecule has 0 bridgehead atoms. The molecule has 1 fully saturated rings. The number of carbonyl (C=O) groups excluding carboxylic acids is 2. The first kappa shape index (κ1) is 19.5. The van der Waals surface area contributed by atoms with Gasteiger partial charge < -0.3 is 25.4 Å². The monoisotopic (exact) mass is 329 g/mol. The van der Waals surface area contributed by atoms with E-state index in [4.69, 9.17) is 10.5 Å². The van der Waals surface area contributed by atoms with Gasteiger partial charge in [0.25, 0.3) is 0 Å². The lowest BCUT2D eigenvalue weighted by molar-refractivity contribution is 0.00782. The van der Waals surface area contributed by atoms with Crippen molar-refractivity contribution in [1.29, 1.82) is 0 Å². The molecule has 1 aliphatic heterocycles. The molecule has 0 radical (unpaired) electrons. The SMILES string of the molecule is CC(CC1CCCCN1C(=O)OC(C)(C)C)NCCOC(N)=O. The van der Waals surface area contributed by atoms with E-state index in [0.29, 0.717) is 6.54 Å². The summed E-state index contributed by atoms with van der Waals surface area (Å²) in [5.41, 5.74) is 4.44. The maximum absolute atomic E-state index is 12.4. The number of hydrogen-bond donors (Lipinski definition) is 2. The van der Waals surface area contributed by atoms with Crippen molar-refractivity contribution in [2.75, 3.05) is 19.7 Å². The van der Waals surface area contributed by atoms with Gasteiger partial charge in [-0.2, -0.15) is 0 Å². The number of primary amides is 1. The van der Waals surface area contributed by atoms with Crippen LogP contribution in [0, 0.1) is 0 Å². The minimum Gasteiger partial charge on any atom is -0.448 e. The van der Waals surface area contributed by atoms with Crippen molar-refractivity contribution in [3.05, 3.63) is 0 Å². The Kier molecular flexibility index (Phi) is 7.61. The summed E-state index contributed by atoms with van der Waals surface area (Å²) in [5.74, 6) is 0. The van der Waals surface area contributed by atoms with Gasteiger partial charge in [0.15, 0.2) is 0 Å². The minimum atomic E-state index is -0.761. The van der Waals surface area contributed by atoms with Crippen LogP contribution < -0.4 is 11.1 Å². The molecule has 0 aromatic rings. The van der Waals surface area contributed by atoms with Gasteiger partial charge in [-0.15, -0.1) is 0 Å². The molecule has 7 nitrogen and oxygen atoms in total. The van der Waals surface area contributed by atoms with Crippen molar-refractivity contribution in [3.63, 3.8) is 0 Å². The smallest absolute Gasteiger partial charge is 0.410 e. The van der Waals surface area contributed by atoms with Gasteiger partial charge in [-0.25, -0.2) is 9.59 Å². The normalized spacial score (nSPS) is 20.0. The van der Waals surface area contributed by atoms with Crippen LogP contribution in [-0.4, -0.2) is 54.5 Å². The lowest BCUT2D eigenvalue weighted by atomic mass is 9.97. The third kappa shape index (κ3) is 8.06. The Morgan fingerprint density at radius 2 is 2.04 bits per heavy atom. The Hall–Kier alpha value is -1.50. The lowest BCUT2D eigenvalue weighted by Crippen LogP contribution is -2.48. The number of rotatable bonds is 6. The zero-order valence-electron chi connectivity index (χ0n) is 14.8. The highest BCUT2D eigenvalue weighted by Crippen LogP contribution is 2.23. The van der Waals surface area contributed by atoms with Crippen LogP contribution in [0.1, 0.15) is 53.4 Å². The zero-order chi connectivity index (χ0) is 17.5. The summed E-state index contributed by atoms with van der Waals surface area (Å²) in [5, 5.41) is 3.28. The summed E-state index contributed by atoms with van der Waals surface area (Å²) in [6.07, 6.45) is 2.99. The van der Waals surface area contributed by atoms with Crippen LogP contribution in [0.15, 0.2) is 0 Å². The summed E-state index contributed by atoms with van der Waals surface area (Å²) in [6, 6.07) is 0.387. The largest absolute Gasteiger partial charge is 0.448 e. The Labute approximate surface area is 138 Å². The average molecular weight is 329 g/mol. The topological polar surface area (TPSA) is 93.9 Å². The predicted molar refractivity (Wildman–Crippen MR) is 88.2 cm³/mol. The van der Waals surface area contributed by atoms with Crippen LogP contribution in [0.3, 0.4) is 0 Å². The van der Waals surface area contributed by atoms with Crippen LogP contribution in [0.5, 0.6) is 0 Å². The molecule has 0 saturated carbocycles. The lowest BCUT2D eigenvalue weighted by Gasteiger charge is -2.38. The molecule has 1 saturated heterocycles. The third-order valence-corrected chi connectivity index (χ3v) is 3.72. The second kappa shape index (κ2) is 8.96. The first-order valence-corrected chi connectivity index (χ1v) is 8.34. The van der Waals surface area contributed by atoms with E-state index in [2.05, 4.69) is 17.0 Å². The van der Waals surface area contributed by atoms with Crippen LogP contribution in [0.25, 0.3) is 0 Å². The molecular weight excluding hydrogens is 298 g/mol. The van der Waals surface area contributed by atoms with Crippen LogP contribution >= 0.6 is 0 Å². The van der Waals surface area contributed by atoms with Gasteiger partial charge >= 0.3 is 12.2 Å². The van der Waals surface area contributed by atoms with Gasteiger partial charge in [-0.1, -0.05) is 0 Å². The van der Waals surface area contributed by atoms with Crippen molar-refractivity contribution < 1.29 is 19.1 Å². The summed E-state index contributed by atoms with van der Waals surface area (Å²) < 4.78 is 10.2. The number of carbonyl (C=O) groups is 2. The Morgan fingerprint density at radius 3 is 2.65 bits per heavy atom. The van der Waals surface area contributed by atoms with Crippen molar-refractivity contribution in [2.24, 2.45) is 5.73 Å². The number of piperidine rings is 1. The fourth-order valence-electron chi connectivity index (χ4n) is 2.75. The van der Waals surface area contributed by atoms with E-state index in [1.54, 1.807) is 0 Å².